The zero-order valence-corrected chi connectivity index (χ0v) is 14.8. The molecule has 0 radical (unpaired) electrons. The molecule has 2 aromatic heterocycles. The van der Waals surface area contributed by atoms with Gasteiger partial charge in [-0.25, -0.2) is 9.97 Å². The molecule has 1 fully saturated rings. The molecule has 1 amide bonds. The first-order valence-electron chi connectivity index (χ1n) is 8.93. The van der Waals surface area contributed by atoms with Gasteiger partial charge in [-0.2, -0.15) is 0 Å². The number of aromatic amines is 1. The number of hydrogen-bond donors (Lipinski definition) is 2. The van der Waals surface area contributed by atoms with E-state index in [9.17, 15) is 4.79 Å². The lowest BCUT2D eigenvalue weighted by molar-refractivity contribution is -0.125. The number of rotatable bonds is 5. The van der Waals surface area contributed by atoms with Crippen molar-refractivity contribution in [1.82, 2.24) is 20.3 Å². The minimum atomic E-state index is 0.120. The third-order valence-electron chi connectivity index (χ3n) is 4.76. The van der Waals surface area contributed by atoms with E-state index in [-0.39, 0.29) is 11.8 Å². The molecule has 0 saturated carbocycles. The Morgan fingerprint density at radius 3 is 2.79 bits per heavy atom. The predicted octanol–water partition coefficient (Wildman–Crippen LogP) is 2.51. The second-order valence-electron chi connectivity index (χ2n) is 6.99. The number of hydrogen-bond acceptors (Lipinski definition) is 4. The lowest BCUT2D eigenvalue weighted by atomic mass is 9.95. The maximum atomic E-state index is 12.3. The largest absolute Gasteiger partial charge is 0.356 e. The molecular weight excluding hydrogens is 302 g/mol. The van der Waals surface area contributed by atoms with Crippen LogP contribution in [-0.4, -0.2) is 40.5 Å². The van der Waals surface area contributed by atoms with Crippen molar-refractivity contribution in [3.63, 3.8) is 0 Å². The Balaban J connectivity index is 1.69. The summed E-state index contributed by atoms with van der Waals surface area (Å²) in [5, 5.41) is 4.19. The fourth-order valence-electron chi connectivity index (χ4n) is 3.33. The van der Waals surface area contributed by atoms with Gasteiger partial charge in [0.2, 0.25) is 5.91 Å². The highest BCUT2D eigenvalue weighted by atomic mass is 16.1. The van der Waals surface area contributed by atoms with Crippen molar-refractivity contribution < 1.29 is 4.79 Å². The summed E-state index contributed by atoms with van der Waals surface area (Å²) in [4.78, 5) is 26.6. The van der Waals surface area contributed by atoms with Gasteiger partial charge >= 0.3 is 0 Å². The highest BCUT2D eigenvalue weighted by Crippen LogP contribution is 2.29. The Morgan fingerprint density at radius 2 is 2.12 bits per heavy atom. The van der Waals surface area contributed by atoms with Gasteiger partial charge in [0.1, 0.15) is 17.8 Å². The lowest BCUT2D eigenvalue weighted by Gasteiger charge is -2.32. The summed E-state index contributed by atoms with van der Waals surface area (Å²) >= 11 is 0. The highest BCUT2D eigenvalue weighted by molar-refractivity contribution is 5.91. The zero-order chi connectivity index (χ0) is 17.1. The van der Waals surface area contributed by atoms with Gasteiger partial charge < -0.3 is 15.2 Å². The van der Waals surface area contributed by atoms with Crippen molar-refractivity contribution in [1.29, 1.82) is 0 Å². The van der Waals surface area contributed by atoms with Crippen LogP contribution in [0.3, 0.4) is 0 Å². The van der Waals surface area contributed by atoms with Gasteiger partial charge in [-0.15, -0.1) is 0 Å². The van der Waals surface area contributed by atoms with Gasteiger partial charge in [-0.05, 0) is 30.7 Å². The maximum Gasteiger partial charge on any atom is 0.223 e. The second kappa shape index (κ2) is 7.20. The molecule has 130 valence electrons. The lowest BCUT2D eigenvalue weighted by Crippen LogP contribution is -2.41. The summed E-state index contributed by atoms with van der Waals surface area (Å²) in [6.07, 6.45) is 6.35. The highest BCUT2D eigenvalue weighted by Gasteiger charge is 2.27. The van der Waals surface area contributed by atoms with E-state index in [0.717, 1.165) is 55.7 Å². The topological polar surface area (TPSA) is 73.9 Å². The van der Waals surface area contributed by atoms with Crippen LogP contribution in [0, 0.1) is 11.8 Å². The molecule has 0 bridgehead atoms. The summed E-state index contributed by atoms with van der Waals surface area (Å²) in [5.41, 5.74) is 2.14. The number of aromatic nitrogens is 3. The SMILES string of the molecule is CCc1c[nH]c2ncnc(N3CCC(C(=O)NCC(C)C)CC3)c12. The van der Waals surface area contributed by atoms with Crippen molar-refractivity contribution in [2.45, 2.75) is 40.0 Å². The van der Waals surface area contributed by atoms with Crippen LogP contribution in [-0.2, 0) is 11.2 Å². The van der Waals surface area contributed by atoms with Gasteiger partial charge in [0.15, 0.2) is 0 Å². The van der Waals surface area contributed by atoms with Crippen LogP contribution in [0.1, 0.15) is 39.2 Å². The quantitative estimate of drug-likeness (QED) is 0.884. The molecule has 6 nitrogen and oxygen atoms in total. The van der Waals surface area contributed by atoms with Crippen molar-refractivity contribution >= 4 is 22.8 Å². The molecule has 2 aromatic rings. The first kappa shape index (κ1) is 16.7. The van der Waals surface area contributed by atoms with E-state index in [1.54, 1.807) is 6.33 Å². The zero-order valence-electron chi connectivity index (χ0n) is 14.8. The van der Waals surface area contributed by atoms with Gasteiger partial charge in [-0.1, -0.05) is 20.8 Å². The smallest absolute Gasteiger partial charge is 0.223 e. The molecule has 2 N–H and O–H groups in total. The third-order valence-corrected chi connectivity index (χ3v) is 4.76. The monoisotopic (exact) mass is 329 g/mol. The van der Waals surface area contributed by atoms with E-state index in [2.05, 4.69) is 45.9 Å². The number of piperidine rings is 1. The second-order valence-corrected chi connectivity index (χ2v) is 6.99. The molecule has 0 spiro atoms. The third kappa shape index (κ3) is 3.37. The number of fused-ring (bicyclic) bond motifs is 1. The number of carbonyl (C=O) groups is 1. The summed E-state index contributed by atoms with van der Waals surface area (Å²) < 4.78 is 0. The van der Waals surface area contributed by atoms with Crippen LogP contribution in [0.25, 0.3) is 11.0 Å². The average Bonchev–Trinajstić information content (AvgIpc) is 3.03. The Bertz CT molecular complexity index is 700. The summed E-state index contributed by atoms with van der Waals surface area (Å²) in [6, 6.07) is 0. The van der Waals surface area contributed by atoms with Crippen LogP contribution in [0.15, 0.2) is 12.5 Å². The van der Waals surface area contributed by atoms with Crippen molar-refractivity contribution in [2.75, 3.05) is 24.5 Å². The molecule has 0 atom stereocenters. The number of nitrogens with one attached hydrogen (secondary N) is 2. The van der Waals surface area contributed by atoms with Crippen LogP contribution in [0.4, 0.5) is 5.82 Å². The van der Waals surface area contributed by atoms with E-state index < -0.39 is 0 Å². The van der Waals surface area contributed by atoms with Crippen molar-refractivity contribution in [2.24, 2.45) is 11.8 Å². The van der Waals surface area contributed by atoms with E-state index in [0.29, 0.717) is 5.92 Å². The predicted molar refractivity (Wildman–Crippen MR) is 96.1 cm³/mol. The van der Waals surface area contributed by atoms with E-state index in [4.69, 9.17) is 0 Å². The molecule has 6 heteroatoms. The molecule has 3 rings (SSSR count). The Hall–Kier alpha value is -2.11. The molecule has 0 aromatic carbocycles. The fourth-order valence-corrected chi connectivity index (χ4v) is 3.33. The van der Waals surface area contributed by atoms with Crippen LogP contribution < -0.4 is 10.2 Å². The standard InChI is InChI=1S/C18H27N5O/c1-4-13-10-19-16-15(13)17(22-11-21-16)23-7-5-14(6-8-23)18(24)20-9-12(2)3/h10-12,14H,4-9H2,1-3H3,(H,20,24)(H,19,21,22). The van der Waals surface area contributed by atoms with E-state index >= 15 is 0 Å². The number of amides is 1. The summed E-state index contributed by atoms with van der Waals surface area (Å²) in [5.74, 6) is 1.81. The summed E-state index contributed by atoms with van der Waals surface area (Å²) in [7, 11) is 0. The molecule has 3 heterocycles. The van der Waals surface area contributed by atoms with Crippen LogP contribution >= 0.6 is 0 Å². The summed E-state index contributed by atoms with van der Waals surface area (Å²) in [6.45, 7) is 8.86. The molecule has 1 aliphatic rings. The number of nitrogens with zero attached hydrogens (tertiary/aromatic N) is 3. The van der Waals surface area contributed by atoms with Crippen molar-refractivity contribution in [3.8, 4) is 0 Å². The maximum absolute atomic E-state index is 12.3. The molecule has 0 unspecified atom stereocenters. The number of anilines is 1. The molecule has 0 aliphatic carbocycles. The van der Waals surface area contributed by atoms with E-state index in [1.165, 1.54) is 5.56 Å². The van der Waals surface area contributed by atoms with Gasteiger partial charge in [0.25, 0.3) is 0 Å². The van der Waals surface area contributed by atoms with Gasteiger partial charge in [0, 0.05) is 31.7 Å². The Labute approximate surface area is 143 Å². The van der Waals surface area contributed by atoms with E-state index in [1.807, 2.05) is 6.20 Å². The average molecular weight is 329 g/mol. The van der Waals surface area contributed by atoms with Crippen LogP contribution in [0.5, 0.6) is 0 Å². The molecule has 1 aliphatic heterocycles. The van der Waals surface area contributed by atoms with Gasteiger partial charge in [-0.3, -0.25) is 4.79 Å². The number of aryl methyl sites for hydroxylation is 1. The normalized spacial score (nSPS) is 16.1. The molecular formula is C18H27N5O. The molecule has 24 heavy (non-hydrogen) atoms. The Kier molecular flexibility index (Phi) is 5.02. The number of H-pyrrole nitrogens is 1. The first-order chi connectivity index (χ1) is 11.6. The van der Waals surface area contributed by atoms with Crippen molar-refractivity contribution in [3.05, 3.63) is 18.1 Å². The van der Waals surface area contributed by atoms with Crippen LogP contribution in [0.2, 0.25) is 0 Å². The minimum Gasteiger partial charge on any atom is -0.356 e. The first-order valence-corrected chi connectivity index (χ1v) is 8.93. The number of carbonyl (C=O) groups excluding carboxylic acids is 1. The fraction of sp³-hybridized carbons (Fsp3) is 0.611. The molecule has 1 saturated heterocycles. The van der Waals surface area contributed by atoms with Gasteiger partial charge in [0.05, 0.1) is 5.39 Å². The minimum absolute atomic E-state index is 0.120. The Morgan fingerprint density at radius 1 is 1.38 bits per heavy atom.